The Morgan fingerprint density at radius 1 is 0.696 bits per heavy atom. The van der Waals surface area contributed by atoms with Gasteiger partial charge >= 0.3 is 31.7 Å². The van der Waals surface area contributed by atoms with Crippen LogP contribution in [0.2, 0.25) is 0 Å². The average molecular weight is 391 g/mol. The first-order chi connectivity index (χ1) is 11.1. The standard InChI is InChI=1S/C18H37N.CH4N2Se/c1-2-3-4-5-6-7-8-9-10-11-12-13-14-15-16-17-18-19;2-1(3)4/h9-10H,2-8,11-19H2,1H3;(H4,2,3,4)/b10-9-;. The molecule has 0 aromatic carbocycles. The summed E-state index contributed by atoms with van der Waals surface area (Å²) in [6.45, 7) is 3.14. The van der Waals surface area contributed by atoms with Crippen molar-refractivity contribution in [1.29, 1.82) is 0 Å². The second-order valence-corrected chi connectivity index (χ2v) is 7.12. The zero-order valence-corrected chi connectivity index (χ0v) is 17.1. The summed E-state index contributed by atoms with van der Waals surface area (Å²) < 4.78 is 0.292. The van der Waals surface area contributed by atoms with Gasteiger partial charge in [0.2, 0.25) is 0 Å². The number of rotatable bonds is 15. The first-order valence-corrected chi connectivity index (χ1v) is 10.4. The van der Waals surface area contributed by atoms with Gasteiger partial charge in [-0.2, -0.15) is 0 Å². The van der Waals surface area contributed by atoms with Gasteiger partial charge in [0.25, 0.3) is 0 Å². The minimum atomic E-state index is 0.292. The van der Waals surface area contributed by atoms with Gasteiger partial charge in [0.1, 0.15) is 0 Å². The summed E-state index contributed by atoms with van der Waals surface area (Å²) in [6.07, 6.45) is 23.9. The van der Waals surface area contributed by atoms with E-state index in [0.29, 0.717) is 4.67 Å². The van der Waals surface area contributed by atoms with E-state index < -0.39 is 0 Å². The molecule has 4 heteroatoms. The van der Waals surface area contributed by atoms with Gasteiger partial charge in [0.05, 0.1) is 0 Å². The molecule has 0 aliphatic rings. The summed E-state index contributed by atoms with van der Waals surface area (Å²) in [7, 11) is 0. The van der Waals surface area contributed by atoms with Crippen LogP contribution in [0.15, 0.2) is 12.2 Å². The van der Waals surface area contributed by atoms with Crippen LogP contribution < -0.4 is 17.2 Å². The molecule has 0 unspecified atom stereocenters. The molecule has 0 saturated heterocycles. The molecule has 0 aliphatic heterocycles. The van der Waals surface area contributed by atoms with Crippen molar-refractivity contribution >= 4 is 20.2 Å². The summed E-state index contributed by atoms with van der Waals surface area (Å²) in [4.78, 5) is 0. The molecular formula is C19H41N3Se. The quantitative estimate of drug-likeness (QED) is 0.223. The fourth-order valence-electron chi connectivity index (χ4n) is 2.39. The first-order valence-electron chi connectivity index (χ1n) is 9.55. The molecule has 0 fully saturated rings. The molecule has 0 aromatic heterocycles. The number of nitrogens with two attached hydrogens (primary N) is 3. The van der Waals surface area contributed by atoms with Crippen LogP contribution in [0.1, 0.15) is 96.8 Å². The van der Waals surface area contributed by atoms with Crippen LogP contribution >= 0.6 is 0 Å². The molecule has 0 bridgehead atoms. The summed E-state index contributed by atoms with van der Waals surface area (Å²) in [5, 5.41) is 0. The van der Waals surface area contributed by atoms with Crippen LogP contribution in [0.3, 0.4) is 0 Å². The fraction of sp³-hybridized carbons (Fsp3) is 0.842. The molecule has 3 nitrogen and oxygen atoms in total. The van der Waals surface area contributed by atoms with Crippen molar-refractivity contribution in [3.05, 3.63) is 12.2 Å². The van der Waals surface area contributed by atoms with Crippen LogP contribution in [0.5, 0.6) is 0 Å². The number of allylic oxidation sites excluding steroid dienone is 2. The van der Waals surface area contributed by atoms with E-state index in [1.807, 2.05) is 0 Å². The molecule has 0 aromatic rings. The maximum absolute atomic E-state index is 5.47. The number of hydrogen-bond donors (Lipinski definition) is 3. The van der Waals surface area contributed by atoms with Gasteiger partial charge in [-0.1, -0.05) is 76.9 Å². The zero-order chi connectivity index (χ0) is 17.6. The molecule has 0 saturated carbocycles. The van der Waals surface area contributed by atoms with Gasteiger partial charge in [0.15, 0.2) is 0 Å². The van der Waals surface area contributed by atoms with Crippen molar-refractivity contribution in [3.63, 3.8) is 0 Å². The molecule has 0 amide bonds. The van der Waals surface area contributed by atoms with E-state index in [1.165, 1.54) is 89.9 Å². The van der Waals surface area contributed by atoms with E-state index in [0.717, 1.165) is 6.54 Å². The Kier molecular flexibility index (Phi) is 26.0. The van der Waals surface area contributed by atoms with Crippen molar-refractivity contribution in [1.82, 2.24) is 0 Å². The average Bonchev–Trinajstić information content (AvgIpc) is 2.50. The van der Waals surface area contributed by atoms with Crippen LogP contribution in [-0.4, -0.2) is 26.8 Å². The van der Waals surface area contributed by atoms with E-state index in [1.54, 1.807) is 0 Å². The Hall–Kier alpha value is -0.311. The molecule has 0 spiro atoms. The minimum absolute atomic E-state index is 0.292. The van der Waals surface area contributed by atoms with E-state index in [2.05, 4.69) is 34.7 Å². The monoisotopic (exact) mass is 391 g/mol. The summed E-state index contributed by atoms with van der Waals surface area (Å²) in [6, 6.07) is 0. The van der Waals surface area contributed by atoms with Crippen LogP contribution in [-0.2, 0) is 0 Å². The Morgan fingerprint density at radius 3 is 1.43 bits per heavy atom. The van der Waals surface area contributed by atoms with E-state index in [9.17, 15) is 0 Å². The topological polar surface area (TPSA) is 78.1 Å². The van der Waals surface area contributed by atoms with E-state index in [-0.39, 0.29) is 0 Å². The van der Waals surface area contributed by atoms with Gasteiger partial charge in [-0.3, -0.25) is 0 Å². The molecule has 0 aliphatic carbocycles. The zero-order valence-electron chi connectivity index (χ0n) is 15.4. The second kappa shape index (κ2) is 23.9. The van der Waals surface area contributed by atoms with Crippen LogP contribution in [0, 0.1) is 0 Å². The van der Waals surface area contributed by atoms with Crippen molar-refractivity contribution in [2.45, 2.75) is 96.8 Å². The molecular weight excluding hydrogens is 349 g/mol. The third kappa shape index (κ3) is 34.2. The van der Waals surface area contributed by atoms with Gasteiger partial charge in [-0.05, 0) is 38.6 Å². The SMILES string of the molecule is CCCCCCCC/C=C\CCCCCCCCN.NC(N)=[Se]. The molecule has 6 N–H and O–H groups in total. The van der Waals surface area contributed by atoms with Crippen molar-refractivity contribution in [2.24, 2.45) is 17.2 Å². The summed E-state index contributed by atoms with van der Waals surface area (Å²) in [5.41, 5.74) is 15.0. The number of unbranched alkanes of at least 4 members (excludes halogenated alkanes) is 12. The predicted octanol–water partition coefficient (Wildman–Crippen LogP) is 4.14. The number of hydrogen-bond acceptors (Lipinski definition) is 3. The van der Waals surface area contributed by atoms with E-state index >= 15 is 0 Å². The van der Waals surface area contributed by atoms with Crippen molar-refractivity contribution < 1.29 is 0 Å². The normalized spacial score (nSPS) is 10.5. The van der Waals surface area contributed by atoms with Gasteiger partial charge < -0.3 is 5.73 Å². The summed E-state index contributed by atoms with van der Waals surface area (Å²) >= 11 is 2.38. The summed E-state index contributed by atoms with van der Waals surface area (Å²) in [5.74, 6) is 0. The van der Waals surface area contributed by atoms with Crippen LogP contribution in [0.25, 0.3) is 0 Å². The Labute approximate surface area is 153 Å². The molecule has 0 atom stereocenters. The molecule has 0 radical (unpaired) electrons. The third-order valence-electron chi connectivity index (χ3n) is 3.72. The fourth-order valence-corrected chi connectivity index (χ4v) is 2.39. The van der Waals surface area contributed by atoms with E-state index in [4.69, 9.17) is 17.2 Å². The molecule has 0 heterocycles. The Bertz CT molecular complexity index is 251. The maximum atomic E-state index is 5.47. The third-order valence-corrected chi connectivity index (χ3v) is 3.72. The van der Waals surface area contributed by atoms with Gasteiger partial charge in [-0.25, -0.2) is 0 Å². The van der Waals surface area contributed by atoms with Crippen molar-refractivity contribution in [3.8, 4) is 0 Å². The predicted molar refractivity (Wildman–Crippen MR) is 108 cm³/mol. The Morgan fingerprint density at radius 2 is 1.04 bits per heavy atom. The first kappa shape index (κ1) is 24.9. The van der Waals surface area contributed by atoms with Gasteiger partial charge in [0, 0.05) is 0 Å². The molecule has 23 heavy (non-hydrogen) atoms. The van der Waals surface area contributed by atoms with Gasteiger partial charge in [-0.15, -0.1) is 0 Å². The van der Waals surface area contributed by atoms with Crippen molar-refractivity contribution in [2.75, 3.05) is 6.54 Å². The molecule has 0 rings (SSSR count). The molecule has 138 valence electrons. The Balaban J connectivity index is 0. The van der Waals surface area contributed by atoms with Crippen LogP contribution in [0.4, 0.5) is 0 Å². The second-order valence-electron chi connectivity index (χ2n) is 6.13.